The number of nitrogens with zero attached hydrogens (tertiary/aromatic N) is 1. The number of rotatable bonds is 1. The normalized spacial score (nSPS) is 22.9. The maximum atomic E-state index is 5.63. The average molecular weight is 177 g/mol. The molecule has 1 saturated heterocycles. The first-order valence-electron chi connectivity index (χ1n) is 4.79. The number of hydrogen-bond donors (Lipinski definition) is 2. The van der Waals surface area contributed by atoms with Gasteiger partial charge in [0.05, 0.1) is 0 Å². The highest BCUT2D eigenvalue weighted by Crippen LogP contribution is 2.21. The Hall–Kier alpha value is -1.09. The van der Waals surface area contributed by atoms with Gasteiger partial charge in [-0.3, -0.25) is 0 Å². The Kier molecular flexibility index (Phi) is 2.45. The molecule has 0 amide bonds. The molecule has 3 N–H and O–H groups in total. The van der Waals surface area contributed by atoms with E-state index in [9.17, 15) is 0 Å². The van der Waals surface area contributed by atoms with Crippen molar-refractivity contribution in [1.29, 1.82) is 0 Å². The number of aromatic nitrogens is 1. The first-order valence-corrected chi connectivity index (χ1v) is 4.79. The van der Waals surface area contributed by atoms with Crippen LogP contribution in [0.4, 0.5) is 5.82 Å². The van der Waals surface area contributed by atoms with Gasteiger partial charge in [-0.1, -0.05) is 6.07 Å². The van der Waals surface area contributed by atoms with Crippen LogP contribution >= 0.6 is 0 Å². The molecule has 0 aliphatic carbocycles. The van der Waals surface area contributed by atoms with Crippen LogP contribution in [-0.2, 0) is 0 Å². The Morgan fingerprint density at radius 1 is 1.46 bits per heavy atom. The number of pyridine rings is 1. The van der Waals surface area contributed by atoms with E-state index in [2.05, 4.69) is 16.4 Å². The van der Waals surface area contributed by atoms with Crippen LogP contribution in [0.1, 0.15) is 24.5 Å². The zero-order valence-corrected chi connectivity index (χ0v) is 7.66. The van der Waals surface area contributed by atoms with Gasteiger partial charge in [-0.05, 0) is 31.5 Å². The third-order valence-corrected chi connectivity index (χ3v) is 2.51. The second kappa shape index (κ2) is 3.75. The van der Waals surface area contributed by atoms with E-state index >= 15 is 0 Å². The quantitative estimate of drug-likeness (QED) is 0.676. The number of piperidine rings is 1. The van der Waals surface area contributed by atoms with Crippen LogP contribution in [0.15, 0.2) is 18.2 Å². The lowest BCUT2D eigenvalue weighted by Gasteiger charge is -2.22. The smallest absolute Gasteiger partial charge is 0.123 e. The summed E-state index contributed by atoms with van der Waals surface area (Å²) in [4.78, 5) is 4.33. The standard InChI is InChI=1S/C10H15N3/c11-10-5-1-4-9(13-10)8-3-2-6-12-7-8/h1,4-5,8,12H,2-3,6-7H2,(H2,11,13). The average Bonchev–Trinajstić information content (AvgIpc) is 2.19. The van der Waals surface area contributed by atoms with Gasteiger partial charge in [0.15, 0.2) is 0 Å². The SMILES string of the molecule is Nc1cccc(C2CCCNC2)n1. The van der Waals surface area contributed by atoms with Crippen LogP contribution in [-0.4, -0.2) is 18.1 Å². The molecule has 1 fully saturated rings. The van der Waals surface area contributed by atoms with Gasteiger partial charge in [-0.25, -0.2) is 4.98 Å². The van der Waals surface area contributed by atoms with Crippen molar-refractivity contribution in [3.05, 3.63) is 23.9 Å². The lowest BCUT2D eigenvalue weighted by atomic mass is 9.96. The molecule has 70 valence electrons. The van der Waals surface area contributed by atoms with Gasteiger partial charge in [-0.15, -0.1) is 0 Å². The molecule has 0 radical (unpaired) electrons. The van der Waals surface area contributed by atoms with Gasteiger partial charge in [0.2, 0.25) is 0 Å². The highest BCUT2D eigenvalue weighted by atomic mass is 14.9. The van der Waals surface area contributed by atoms with E-state index in [4.69, 9.17) is 5.73 Å². The van der Waals surface area contributed by atoms with Crippen molar-refractivity contribution in [2.45, 2.75) is 18.8 Å². The molecule has 2 heterocycles. The fraction of sp³-hybridized carbons (Fsp3) is 0.500. The van der Waals surface area contributed by atoms with Gasteiger partial charge in [0.25, 0.3) is 0 Å². The Labute approximate surface area is 78.4 Å². The molecule has 0 bridgehead atoms. The topological polar surface area (TPSA) is 50.9 Å². The highest BCUT2D eigenvalue weighted by Gasteiger charge is 2.15. The van der Waals surface area contributed by atoms with Crippen molar-refractivity contribution in [3.8, 4) is 0 Å². The number of nitrogen functional groups attached to an aromatic ring is 1. The molecule has 1 unspecified atom stereocenters. The van der Waals surface area contributed by atoms with E-state index < -0.39 is 0 Å². The fourth-order valence-corrected chi connectivity index (χ4v) is 1.80. The van der Waals surface area contributed by atoms with Crippen molar-refractivity contribution in [2.24, 2.45) is 0 Å². The van der Waals surface area contributed by atoms with E-state index in [1.807, 2.05) is 12.1 Å². The Bertz CT molecular complexity index is 279. The molecule has 0 saturated carbocycles. The largest absolute Gasteiger partial charge is 0.384 e. The van der Waals surface area contributed by atoms with E-state index in [0.29, 0.717) is 11.7 Å². The summed E-state index contributed by atoms with van der Waals surface area (Å²) in [5.74, 6) is 1.18. The summed E-state index contributed by atoms with van der Waals surface area (Å²) in [6.45, 7) is 2.18. The molecule has 0 aromatic carbocycles. The van der Waals surface area contributed by atoms with Crippen LogP contribution in [0.25, 0.3) is 0 Å². The Morgan fingerprint density at radius 3 is 3.08 bits per heavy atom. The summed E-state index contributed by atoms with van der Waals surface area (Å²) >= 11 is 0. The van der Waals surface area contributed by atoms with E-state index in [1.165, 1.54) is 12.8 Å². The highest BCUT2D eigenvalue weighted by molar-refractivity contribution is 5.30. The van der Waals surface area contributed by atoms with E-state index in [1.54, 1.807) is 0 Å². The van der Waals surface area contributed by atoms with E-state index in [0.717, 1.165) is 18.8 Å². The summed E-state index contributed by atoms with van der Waals surface area (Å²) in [6, 6.07) is 5.88. The zero-order chi connectivity index (χ0) is 9.10. The predicted octanol–water partition coefficient (Wildman–Crippen LogP) is 1.13. The number of anilines is 1. The Morgan fingerprint density at radius 2 is 2.38 bits per heavy atom. The number of hydrogen-bond acceptors (Lipinski definition) is 3. The number of nitrogens with one attached hydrogen (secondary N) is 1. The van der Waals surface area contributed by atoms with Gasteiger partial charge in [0.1, 0.15) is 5.82 Å². The van der Waals surface area contributed by atoms with Crippen LogP contribution in [0.5, 0.6) is 0 Å². The minimum atomic E-state index is 0.553. The van der Waals surface area contributed by atoms with Gasteiger partial charge >= 0.3 is 0 Å². The summed E-state index contributed by atoms with van der Waals surface area (Å²) < 4.78 is 0. The monoisotopic (exact) mass is 177 g/mol. The van der Waals surface area contributed by atoms with Crippen LogP contribution in [0.2, 0.25) is 0 Å². The van der Waals surface area contributed by atoms with E-state index in [-0.39, 0.29) is 0 Å². The predicted molar refractivity (Wildman–Crippen MR) is 53.5 cm³/mol. The molecular weight excluding hydrogens is 162 g/mol. The molecule has 1 aromatic heterocycles. The molecule has 13 heavy (non-hydrogen) atoms. The summed E-state index contributed by atoms with van der Waals surface area (Å²) in [7, 11) is 0. The van der Waals surface area contributed by atoms with Gasteiger partial charge in [0, 0.05) is 18.2 Å². The molecule has 1 atom stereocenters. The van der Waals surface area contributed by atoms with Crippen molar-refractivity contribution in [2.75, 3.05) is 18.8 Å². The second-order valence-electron chi connectivity index (χ2n) is 3.53. The minimum absolute atomic E-state index is 0.553. The lowest BCUT2D eigenvalue weighted by Crippen LogP contribution is -2.28. The molecule has 1 aliphatic rings. The summed E-state index contributed by atoms with van der Waals surface area (Å²) in [5, 5.41) is 3.37. The maximum Gasteiger partial charge on any atom is 0.123 e. The molecule has 0 spiro atoms. The van der Waals surface area contributed by atoms with Crippen LogP contribution in [0.3, 0.4) is 0 Å². The van der Waals surface area contributed by atoms with Crippen LogP contribution in [0, 0.1) is 0 Å². The van der Waals surface area contributed by atoms with Gasteiger partial charge < -0.3 is 11.1 Å². The van der Waals surface area contributed by atoms with Crippen molar-refractivity contribution in [3.63, 3.8) is 0 Å². The third kappa shape index (κ3) is 1.98. The fourth-order valence-electron chi connectivity index (χ4n) is 1.80. The summed E-state index contributed by atoms with van der Waals surface area (Å²) in [6.07, 6.45) is 2.46. The molecule has 1 aromatic rings. The molecule has 1 aliphatic heterocycles. The maximum absolute atomic E-state index is 5.63. The molecule has 3 nitrogen and oxygen atoms in total. The first-order chi connectivity index (χ1) is 6.36. The Balaban J connectivity index is 2.14. The van der Waals surface area contributed by atoms with Crippen molar-refractivity contribution < 1.29 is 0 Å². The van der Waals surface area contributed by atoms with Crippen molar-refractivity contribution in [1.82, 2.24) is 10.3 Å². The summed E-state index contributed by atoms with van der Waals surface area (Å²) in [5.41, 5.74) is 6.77. The van der Waals surface area contributed by atoms with Crippen molar-refractivity contribution >= 4 is 5.82 Å². The minimum Gasteiger partial charge on any atom is -0.384 e. The van der Waals surface area contributed by atoms with Gasteiger partial charge in [-0.2, -0.15) is 0 Å². The molecular formula is C10H15N3. The third-order valence-electron chi connectivity index (χ3n) is 2.51. The lowest BCUT2D eigenvalue weighted by molar-refractivity contribution is 0.455. The first kappa shape index (κ1) is 8.51. The van der Waals surface area contributed by atoms with Crippen LogP contribution < -0.4 is 11.1 Å². The zero-order valence-electron chi connectivity index (χ0n) is 7.66. The second-order valence-corrected chi connectivity index (χ2v) is 3.53. The molecule has 3 heteroatoms. The molecule has 2 rings (SSSR count). The number of nitrogens with two attached hydrogens (primary N) is 1.